The third-order valence-electron chi connectivity index (χ3n) is 7.68. The summed E-state index contributed by atoms with van der Waals surface area (Å²) in [6, 6.07) is 14.9. The van der Waals surface area contributed by atoms with E-state index in [-0.39, 0.29) is 11.4 Å². The van der Waals surface area contributed by atoms with Crippen molar-refractivity contribution in [1.29, 1.82) is 0 Å². The molecule has 3 aliphatic rings. The number of thioether (sulfide) groups is 1. The molecule has 0 aromatic heterocycles. The van der Waals surface area contributed by atoms with Gasteiger partial charge in [0.05, 0.1) is 23.8 Å². The molecule has 0 spiro atoms. The van der Waals surface area contributed by atoms with Gasteiger partial charge in [0.15, 0.2) is 5.17 Å². The number of amides is 1. The minimum Gasteiger partial charge on any atom is -0.378 e. The number of carbonyl (C=O) groups is 1. The summed E-state index contributed by atoms with van der Waals surface area (Å²) in [6.07, 6.45) is 3.15. The van der Waals surface area contributed by atoms with Crippen molar-refractivity contribution >= 4 is 46.0 Å². The first-order chi connectivity index (χ1) is 17.8. The van der Waals surface area contributed by atoms with Crippen molar-refractivity contribution in [2.75, 3.05) is 49.2 Å². The maximum absolute atomic E-state index is 13.3. The molecule has 2 fully saturated rings. The summed E-state index contributed by atoms with van der Waals surface area (Å²) < 4.78 is 5.46. The number of anilines is 2. The second-order valence-corrected chi connectivity index (χ2v) is 11.7. The summed E-state index contributed by atoms with van der Waals surface area (Å²) in [6.45, 7) is 16.1. The molecule has 2 saturated heterocycles. The summed E-state index contributed by atoms with van der Waals surface area (Å²) in [4.78, 5) is 25.4. The molecule has 7 heteroatoms. The van der Waals surface area contributed by atoms with Gasteiger partial charge in [0.25, 0.3) is 5.91 Å². The monoisotopic (exact) mass is 518 g/mol. The lowest BCUT2D eigenvalue weighted by Crippen LogP contribution is -2.48. The number of benzene rings is 2. The fraction of sp³-hybridized carbons (Fsp3) is 0.467. The van der Waals surface area contributed by atoms with E-state index in [1.54, 1.807) is 4.90 Å². The van der Waals surface area contributed by atoms with Gasteiger partial charge < -0.3 is 14.5 Å². The smallest absolute Gasteiger partial charge is 0.266 e. The van der Waals surface area contributed by atoms with Crippen molar-refractivity contribution in [2.45, 2.75) is 52.5 Å². The molecular weight excluding hydrogens is 480 g/mol. The molecule has 0 N–H and O–H groups in total. The third kappa shape index (κ3) is 5.16. The third-order valence-corrected chi connectivity index (χ3v) is 8.69. The first-order valence-corrected chi connectivity index (χ1v) is 14.3. The zero-order chi connectivity index (χ0) is 26.2. The van der Waals surface area contributed by atoms with Crippen molar-refractivity contribution in [1.82, 2.24) is 4.90 Å². The van der Waals surface area contributed by atoms with Gasteiger partial charge in [-0.05, 0) is 105 Å². The second-order valence-electron chi connectivity index (χ2n) is 10.7. The quantitative estimate of drug-likeness (QED) is 0.437. The van der Waals surface area contributed by atoms with E-state index < -0.39 is 0 Å². The van der Waals surface area contributed by atoms with Crippen LogP contribution in [0.2, 0.25) is 0 Å². The van der Waals surface area contributed by atoms with Gasteiger partial charge in [-0.1, -0.05) is 13.0 Å². The summed E-state index contributed by atoms with van der Waals surface area (Å²) >= 11 is 1.47. The van der Waals surface area contributed by atoms with Crippen molar-refractivity contribution in [3.05, 3.63) is 58.5 Å². The van der Waals surface area contributed by atoms with E-state index >= 15 is 0 Å². The van der Waals surface area contributed by atoms with Crippen LogP contribution in [-0.4, -0.2) is 60.9 Å². The summed E-state index contributed by atoms with van der Waals surface area (Å²) in [7, 11) is 0. The number of hydrogen-bond acceptors (Lipinski definition) is 6. The van der Waals surface area contributed by atoms with Crippen LogP contribution in [0.5, 0.6) is 0 Å². The van der Waals surface area contributed by atoms with Crippen LogP contribution in [0.15, 0.2) is 52.4 Å². The normalized spacial score (nSPS) is 23.8. The summed E-state index contributed by atoms with van der Waals surface area (Å²) in [5.41, 5.74) is 5.94. The lowest BCUT2D eigenvalue weighted by Gasteiger charge is -2.47. The van der Waals surface area contributed by atoms with Crippen molar-refractivity contribution in [3.63, 3.8) is 0 Å². The van der Waals surface area contributed by atoms with Crippen LogP contribution in [-0.2, 0) is 9.53 Å². The molecule has 0 radical (unpaired) electrons. The number of carbonyl (C=O) groups excluding carboxylic acids is 1. The molecule has 0 saturated carbocycles. The Hall–Kier alpha value is -2.77. The van der Waals surface area contributed by atoms with Crippen LogP contribution in [0.3, 0.4) is 0 Å². The number of morpholine rings is 1. The molecule has 0 aliphatic carbocycles. The molecule has 0 bridgehead atoms. The highest BCUT2D eigenvalue weighted by Gasteiger charge is 2.36. The molecule has 3 heterocycles. The summed E-state index contributed by atoms with van der Waals surface area (Å²) in [5.74, 6) is 0.501. The Morgan fingerprint density at radius 3 is 2.49 bits per heavy atom. The van der Waals surface area contributed by atoms with Crippen molar-refractivity contribution < 1.29 is 9.53 Å². The molecule has 2 aromatic rings. The number of ether oxygens (including phenoxy) is 1. The minimum absolute atomic E-state index is 0.0262. The lowest BCUT2D eigenvalue weighted by molar-refractivity contribution is -0.122. The zero-order valence-corrected chi connectivity index (χ0v) is 23.5. The van der Waals surface area contributed by atoms with Crippen LogP contribution >= 0.6 is 11.8 Å². The standard InChI is InChI=1S/C30H38N4O2S/c1-6-33-28(35)27(19-22-8-13-26-25(18-22)21(3)20-30(4,5)34(26)7-2)37-29(33)31-23-9-11-24(12-10-23)32-14-16-36-17-15-32/h8-13,18-19,21H,6-7,14-17,20H2,1-5H3/b27-19-,31-29?/t21-/m0/s1. The van der Waals surface area contributed by atoms with E-state index in [1.807, 2.05) is 25.1 Å². The van der Waals surface area contributed by atoms with Gasteiger partial charge in [0.2, 0.25) is 0 Å². The highest BCUT2D eigenvalue weighted by molar-refractivity contribution is 8.18. The number of fused-ring (bicyclic) bond motifs is 1. The van der Waals surface area contributed by atoms with E-state index in [9.17, 15) is 4.79 Å². The first kappa shape index (κ1) is 25.9. The Labute approximate surface area is 225 Å². The first-order valence-electron chi connectivity index (χ1n) is 13.4. The average molecular weight is 519 g/mol. The molecule has 2 aromatic carbocycles. The minimum atomic E-state index is 0.0262. The van der Waals surface area contributed by atoms with Gasteiger partial charge in [-0.3, -0.25) is 9.69 Å². The summed E-state index contributed by atoms with van der Waals surface area (Å²) in [5, 5.41) is 0.739. The topological polar surface area (TPSA) is 48.4 Å². The van der Waals surface area contributed by atoms with Crippen LogP contribution in [0.4, 0.5) is 17.1 Å². The van der Waals surface area contributed by atoms with Gasteiger partial charge in [0.1, 0.15) is 0 Å². The molecule has 3 aliphatic heterocycles. The molecule has 6 nitrogen and oxygen atoms in total. The molecule has 1 atom stereocenters. The molecule has 0 unspecified atom stereocenters. The fourth-order valence-electron chi connectivity index (χ4n) is 5.89. The Balaban J connectivity index is 1.38. The number of amidine groups is 1. The van der Waals surface area contributed by atoms with E-state index in [0.717, 1.165) is 60.6 Å². The zero-order valence-electron chi connectivity index (χ0n) is 22.7. The van der Waals surface area contributed by atoms with Gasteiger partial charge in [-0.2, -0.15) is 0 Å². The lowest BCUT2D eigenvalue weighted by atomic mass is 9.79. The van der Waals surface area contributed by atoms with E-state index in [0.29, 0.717) is 12.5 Å². The average Bonchev–Trinajstić information content (AvgIpc) is 3.18. The molecule has 5 rings (SSSR count). The molecule has 1 amide bonds. The van der Waals surface area contributed by atoms with E-state index in [2.05, 4.69) is 67.8 Å². The van der Waals surface area contributed by atoms with Crippen LogP contribution in [0, 0.1) is 0 Å². The molecule has 37 heavy (non-hydrogen) atoms. The largest absolute Gasteiger partial charge is 0.378 e. The molecular formula is C30H38N4O2S. The van der Waals surface area contributed by atoms with Gasteiger partial charge >= 0.3 is 0 Å². The SMILES string of the molecule is CCN1C(=O)/C(=C/c2ccc3c(c2)[C@@H](C)CC(C)(C)N3CC)SC1=Nc1ccc(N2CCOCC2)cc1. The predicted molar refractivity (Wildman–Crippen MR) is 156 cm³/mol. The Kier molecular flexibility index (Phi) is 7.37. The van der Waals surface area contributed by atoms with Crippen LogP contribution in [0.25, 0.3) is 6.08 Å². The van der Waals surface area contributed by atoms with Gasteiger partial charge in [0, 0.05) is 43.1 Å². The predicted octanol–water partition coefficient (Wildman–Crippen LogP) is 6.26. The van der Waals surface area contributed by atoms with E-state index in [1.165, 1.54) is 28.7 Å². The number of aliphatic imine (C=N–C) groups is 1. The van der Waals surface area contributed by atoms with Crippen molar-refractivity contribution in [2.24, 2.45) is 4.99 Å². The van der Waals surface area contributed by atoms with Crippen LogP contribution < -0.4 is 9.80 Å². The van der Waals surface area contributed by atoms with E-state index in [4.69, 9.17) is 9.73 Å². The number of hydrogen-bond donors (Lipinski definition) is 0. The highest BCUT2D eigenvalue weighted by Crippen LogP contribution is 2.44. The van der Waals surface area contributed by atoms with Gasteiger partial charge in [-0.15, -0.1) is 0 Å². The van der Waals surface area contributed by atoms with Gasteiger partial charge in [-0.25, -0.2) is 4.99 Å². The Morgan fingerprint density at radius 1 is 1.08 bits per heavy atom. The number of nitrogens with zero attached hydrogens (tertiary/aromatic N) is 4. The molecule has 196 valence electrons. The maximum Gasteiger partial charge on any atom is 0.266 e. The Morgan fingerprint density at radius 2 is 1.81 bits per heavy atom. The maximum atomic E-state index is 13.3. The highest BCUT2D eigenvalue weighted by atomic mass is 32.2. The number of rotatable bonds is 5. The fourth-order valence-corrected chi connectivity index (χ4v) is 6.95. The second kappa shape index (κ2) is 10.5. The van der Waals surface area contributed by atoms with Crippen molar-refractivity contribution in [3.8, 4) is 0 Å². The van der Waals surface area contributed by atoms with Crippen LogP contribution in [0.1, 0.15) is 58.1 Å². The number of likely N-dealkylation sites (N-methyl/N-ethyl adjacent to an activating group) is 1. The Bertz CT molecular complexity index is 1210.